The van der Waals surface area contributed by atoms with Crippen LogP contribution in [0, 0.1) is 5.92 Å². The van der Waals surface area contributed by atoms with Gasteiger partial charge in [-0.25, -0.2) is 0 Å². The summed E-state index contributed by atoms with van der Waals surface area (Å²) in [7, 11) is 0. The second-order valence-corrected chi connectivity index (χ2v) is 9.48. The summed E-state index contributed by atoms with van der Waals surface area (Å²) < 4.78 is 12.0. The van der Waals surface area contributed by atoms with Gasteiger partial charge in [0.25, 0.3) is 0 Å². The van der Waals surface area contributed by atoms with Crippen molar-refractivity contribution in [2.45, 2.75) is 19.8 Å². The van der Waals surface area contributed by atoms with Crippen LogP contribution < -0.4 is 0 Å². The van der Waals surface area contributed by atoms with E-state index < -0.39 is 0 Å². The minimum Gasteiger partial charge on any atom is -0.457 e. The Labute approximate surface area is 208 Å². The fourth-order valence-electron chi connectivity index (χ4n) is 4.26. The van der Waals surface area contributed by atoms with Gasteiger partial charge in [0.05, 0.1) is 0 Å². The lowest BCUT2D eigenvalue weighted by Crippen LogP contribution is -2.18. The highest BCUT2D eigenvalue weighted by molar-refractivity contribution is 6.31. The Morgan fingerprint density at radius 1 is 0.735 bits per heavy atom. The highest BCUT2D eigenvalue weighted by atomic mass is 35.5. The zero-order chi connectivity index (χ0) is 23.7. The molecule has 3 nitrogen and oxygen atoms in total. The van der Waals surface area contributed by atoms with E-state index in [1.807, 2.05) is 84.9 Å². The van der Waals surface area contributed by atoms with Crippen LogP contribution in [0.2, 0.25) is 10.0 Å². The van der Waals surface area contributed by atoms with Gasteiger partial charge in [0, 0.05) is 32.3 Å². The fraction of sp³-hybridized carbons (Fsp3) is 0.138. The van der Waals surface area contributed by atoms with Crippen molar-refractivity contribution in [1.82, 2.24) is 0 Å². The van der Waals surface area contributed by atoms with Gasteiger partial charge in [0.2, 0.25) is 0 Å². The number of allylic oxidation sites excluding steroid dienone is 2. The number of hydrogen-bond donors (Lipinski definition) is 0. The van der Waals surface area contributed by atoms with Crippen molar-refractivity contribution in [2.24, 2.45) is 5.92 Å². The smallest absolute Gasteiger partial charge is 0.185 e. The first kappa shape index (κ1) is 22.5. The molecule has 0 bridgehead atoms. The van der Waals surface area contributed by atoms with E-state index in [1.165, 1.54) is 0 Å². The summed E-state index contributed by atoms with van der Waals surface area (Å²) in [6.07, 6.45) is 5.10. The predicted molar refractivity (Wildman–Crippen MR) is 138 cm³/mol. The third-order valence-electron chi connectivity index (χ3n) is 5.82. The van der Waals surface area contributed by atoms with Crippen molar-refractivity contribution < 1.29 is 13.6 Å². The highest BCUT2D eigenvalue weighted by Gasteiger charge is 2.26. The van der Waals surface area contributed by atoms with Crippen LogP contribution in [-0.2, 0) is 4.79 Å². The first-order valence-electron chi connectivity index (χ1n) is 11.1. The lowest BCUT2D eigenvalue weighted by Gasteiger charge is -2.22. The van der Waals surface area contributed by atoms with Crippen molar-refractivity contribution in [3.8, 4) is 22.6 Å². The first-order chi connectivity index (χ1) is 16.4. The summed E-state index contributed by atoms with van der Waals surface area (Å²) in [5.41, 5.74) is 3.26. The molecule has 0 amide bonds. The first-order valence-corrected chi connectivity index (χ1v) is 11.9. The van der Waals surface area contributed by atoms with Gasteiger partial charge < -0.3 is 8.83 Å². The van der Waals surface area contributed by atoms with E-state index in [4.69, 9.17) is 32.0 Å². The van der Waals surface area contributed by atoms with Gasteiger partial charge in [-0.15, -0.1) is 0 Å². The van der Waals surface area contributed by atoms with Crippen molar-refractivity contribution in [3.05, 3.63) is 106 Å². The summed E-state index contributed by atoms with van der Waals surface area (Å²) in [6, 6.07) is 22.5. The van der Waals surface area contributed by atoms with Gasteiger partial charge in [-0.2, -0.15) is 0 Å². The molecule has 5 rings (SSSR count). The topological polar surface area (TPSA) is 43.4 Å². The zero-order valence-corrected chi connectivity index (χ0v) is 20.1. The minimum absolute atomic E-state index is 0.0273. The average molecular weight is 489 g/mol. The van der Waals surface area contributed by atoms with Crippen LogP contribution >= 0.6 is 23.2 Å². The van der Waals surface area contributed by atoms with Gasteiger partial charge in [-0.3, -0.25) is 4.79 Å². The molecule has 0 unspecified atom stereocenters. The fourth-order valence-corrected chi connectivity index (χ4v) is 4.64. The maximum absolute atomic E-state index is 13.3. The van der Waals surface area contributed by atoms with Gasteiger partial charge in [0.15, 0.2) is 5.78 Å². The number of carbonyl (C=O) groups is 1. The molecule has 170 valence electrons. The van der Waals surface area contributed by atoms with E-state index in [0.717, 1.165) is 22.3 Å². The quantitative estimate of drug-likeness (QED) is 0.269. The van der Waals surface area contributed by atoms with Gasteiger partial charge >= 0.3 is 0 Å². The summed E-state index contributed by atoms with van der Waals surface area (Å²) in [5.74, 6) is 3.08. The number of hydrogen-bond acceptors (Lipinski definition) is 3. The van der Waals surface area contributed by atoms with Crippen LogP contribution in [0.3, 0.4) is 0 Å². The second-order valence-electron chi connectivity index (χ2n) is 8.61. The molecule has 0 radical (unpaired) electrons. The standard InChI is InChI=1S/C29H22Cl2O3/c1-18-12-21(16-25-8-10-27(33-25)19-4-2-6-23(30)14-19)29(32)22(13-18)17-26-9-11-28(34-26)20-5-3-7-24(31)15-20/h2-11,14-18H,12-13H2,1H3/b21-16+,22-17+. The summed E-state index contributed by atoms with van der Waals surface area (Å²) in [5, 5.41) is 1.30. The molecule has 4 aromatic rings. The molecule has 1 fully saturated rings. The van der Waals surface area contributed by atoms with Crippen LogP contribution in [0.15, 0.2) is 92.8 Å². The van der Waals surface area contributed by atoms with Gasteiger partial charge in [-0.05, 0) is 79.4 Å². The summed E-state index contributed by atoms with van der Waals surface area (Å²) in [6.45, 7) is 2.15. The van der Waals surface area contributed by atoms with E-state index in [2.05, 4.69) is 6.92 Å². The Balaban J connectivity index is 1.40. The maximum Gasteiger partial charge on any atom is 0.185 e. The molecule has 0 spiro atoms. The summed E-state index contributed by atoms with van der Waals surface area (Å²) >= 11 is 12.2. The molecule has 0 aliphatic heterocycles. The van der Waals surface area contributed by atoms with E-state index in [9.17, 15) is 4.79 Å². The van der Waals surface area contributed by atoms with E-state index >= 15 is 0 Å². The molecule has 0 N–H and O–H groups in total. The summed E-state index contributed by atoms with van der Waals surface area (Å²) in [4.78, 5) is 13.3. The highest BCUT2D eigenvalue weighted by Crippen LogP contribution is 2.34. The van der Waals surface area contributed by atoms with Crippen LogP contribution in [0.1, 0.15) is 31.3 Å². The SMILES string of the molecule is CC1C/C(=C\c2ccc(-c3cccc(Cl)c3)o2)C(=O)/C(=C/c2ccc(-c3cccc(Cl)c3)o2)C1. The van der Waals surface area contributed by atoms with Crippen molar-refractivity contribution in [3.63, 3.8) is 0 Å². The second kappa shape index (κ2) is 9.54. The molecule has 2 aromatic carbocycles. The minimum atomic E-state index is 0.0273. The Morgan fingerprint density at radius 2 is 1.21 bits per heavy atom. The van der Waals surface area contributed by atoms with Crippen molar-refractivity contribution >= 4 is 41.1 Å². The number of halogens is 2. The Hall–Kier alpha value is -3.27. The van der Waals surface area contributed by atoms with Crippen LogP contribution in [0.5, 0.6) is 0 Å². The largest absolute Gasteiger partial charge is 0.457 e. The molecule has 0 saturated heterocycles. The average Bonchev–Trinajstić information content (AvgIpc) is 3.47. The molecule has 1 saturated carbocycles. The van der Waals surface area contributed by atoms with E-state index in [0.29, 0.717) is 51.8 Å². The van der Waals surface area contributed by atoms with Crippen molar-refractivity contribution in [1.29, 1.82) is 0 Å². The van der Waals surface area contributed by atoms with E-state index in [-0.39, 0.29) is 5.78 Å². The number of Topliss-reactive ketones (excluding diaryl/α,β-unsaturated/α-hetero) is 1. The molecular weight excluding hydrogens is 467 g/mol. The molecule has 1 aliphatic carbocycles. The lowest BCUT2D eigenvalue weighted by molar-refractivity contribution is -0.113. The normalized spacial score (nSPS) is 18.7. The third kappa shape index (κ3) is 4.96. The maximum atomic E-state index is 13.3. The number of benzene rings is 2. The molecular formula is C29H22Cl2O3. The molecule has 0 atom stereocenters. The number of rotatable bonds is 4. The molecule has 2 heterocycles. The lowest BCUT2D eigenvalue weighted by atomic mass is 9.81. The number of ketones is 1. The van der Waals surface area contributed by atoms with Crippen LogP contribution in [0.25, 0.3) is 34.8 Å². The van der Waals surface area contributed by atoms with Gasteiger partial charge in [0.1, 0.15) is 23.0 Å². The van der Waals surface area contributed by atoms with Gasteiger partial charge in [-0.1, -0.05) is 54.4 Å². The van der Waals surface area contributed by atoms with Crippen LogP contribution in [0.4, 0.5) is 0 Å². The monoisotopic (exact) mass is 488 g/mol. The molecule has 1 aliphatic rings. The predicted octanol–water partition coefficient (Wildman–Crippen LogP) is 8.98. The molecule has 5 heteroatoms. The van der Waals surface area contributed by atoms with E-state index in [1.54, 1.807) is 0 Å². The number of carbonyl (C=O) groups excluding carboxylic acids is 1. The number of furan rings is 2. The van der Waals surface area contributed by atoms with Crippen molar-refractivity contribution in [2.75, 3.05) is 0 Å². The Bertz CT molecular complexity index is 1310. The molecule has 34 heavy (non-hydrogen) atoms. The Kier molecular flexibility index (Phi) is 6.32. The molecule has 2 aromatic heterocycles. The third-order valence-corrected chi connectivity index (χ3v) is 6.30. The zero-order valence-electron chi connectivity index (χ0n) is 18.6. The Morgan fingerprint density at radius 3 is 1.65 bits per heavy atom. The van der Waals surface area contributed by atoms with Crippen LogP contribution in [-0.4, -0.2) is 5.78 Å².